The van der Waals surface area contributed by atoms with E-state index in [1.165, 1.54) is 6.26 Å². The Balaban J connectivity index is 1.50. The van der Waals surface area contributed by atoms with Gasteiger partial charge in [0.05, 0.1) is 10.9 Å². The molecule has 0 saturated carbocycles. The highest BCUT2D eigenvalue weighted by molar-refractivity contribution is 7.90. The average Bonchev–Trinajstić information content (AvgIpc) is 3.36. The Bertz CT molecular complexity index is 1650. The topological polar surface area (TPSA) is 85.5 Å². The van der Waals surface area contributed by atoms with Crippen molar-refractivity contribution in [3.8, 4) is 0 Å². The number of anilines is 1. The van der Waals surface area contributed by atoms with Crippen LogP contribution in [0.15, 0.2) is 77.8 Å². The molecule has 41 heavy (non-hydrogen) atoms. The molecule has 0 saturated heterocycles. The van der Waals surface area contributed by atoms with Crippen molar-refractivity contribution < 1.29 is 13.2 Å². The first kappa shape index (κ1) is 29.3. The third kappa shape index (κ3) is 6.51. The van der Waals surface area contributed by atoms with Crippen LogP contribution >= 0.6 is 11.6 Å². The summed E-state index contributed by atoms with van der Waals surface area (Å²) in [4.78, 5) is 22.3. The van der Waals surface area contributed by atoms with E-state index in [0.717, 1.165) is 46.2 Å². The van der Waals surface area contributed by atoms with Crippen molar-refractivity contribution >= 4 is 43.9 Å². The van der Waals surface area contributed by atoms with E-state index in [1.54, 1.807) is 24.3 Å². The van der Waals surface area contributed by atoms with Crippen molar-refractivity contribution in [2.24, 2.45) is 5.92 Å². The summed E-state index contributed by atoms with van der Waals surface area (Å²) in [5.74, 6) is 0.119. The normalized spacial score (nSPS) is 17.0. The van der Waals surface area contributed by atoms with Gasteiger partial charge in [-0.3, -0.25) is 4.79 Å². The number of aromatic nitrogens is 1. The second-order valence-electron chi connectivity index (χ2n) is 11.4. The molecular weight excluding hydrogens is 556 g/mol. The molecule has 1 aromatic heterocycles. The molecule has 7 nitrogen and oxygen atoms in total. The SMILES string of the molecule is CC(c1c[nH]c2ccccc12)C(NCc1ccc(S(C)(=O)=O)cc1)C(=O)N1C[C@@H](CN(C)C)Cc2cc(Cl)ccc21. The summed E-state index contributed by atoms with van der Waals surface area (Å²) in [5, 5.41) is 5.31. The average molecular weight is 593 g/mol. The number of nitrogens with one attached hydrogen (secondary N) is 2. The summed E-state index contributed by atoms with van der Waals surface area (Å²) in [5.41, 5.74) is 4.99. The Kier molecular flexibility index (Phi) is 8.57. The fourth-order valence-electron chi connectivity index (χ4n) is 5.94. The van der Waals surface area contributed by atoms with Gasteiger partial charge >= 0.3 is 0 Å². The minimum absolute atomic E-state index is 0.00238. The molecule has 1 aliphatic rings. The third-order valence-corrected chi connectivity index (χ3v) is 9.29. The number of sulfone groups is 1. The number of aromatic amines is 1. The first-order valence-electron chi connectivity index (χ1n) is 13.8. The second-order valence-corrected chi connectivity index (χ2v) is 13.9. The molecule has 2 unspecified atom stereocenters. The third-order valence-electron chi connectivity index (χ3n) is 7.93. The molecule has 0 fully saturated rings. The van der Waals surface area contributed by atoms with Crippen LogP contribution in [0.1, 0.15) is 29.5 Å². The van der Waals surface area contributed by atoms with Crippen LogP contribution in [0.5, 0.6) is 0 Å². The van der Waals surface area contributed by atoms with Gasteiger partial charge in [0.15, 0.2) is 9.84 Å². The van der Waals surface area contributed by atoms with Crippen molar-refractivity contribution in [3.05, 3.63) is 94.6 Å². The zero-order valence-electron chi connectivity index (χ0n) is 23.9. The van der Waals surface area contributed by atoms with E-state index in [-0.39, 0.29) is 22.6 Å². The van der Waals surface area contributed by atoms with E-state index in [9.17, 15) is 13.2 Å². The molecule has 1 aliphatic heterocycles. The first-order valence-corrected chi connectivity index (χ1v) is 16.1. The first-order chi connectivity index (χ1) is 19.5. The Hall–Kier alpha value is -3.17. The van der Waals surface area contributed by atoms with E-state index in [4.69, 9.17) is 11.6 Å². The van der Waals surface area contributed by atoms with Gasteiger partial charge in [-0.2, -0.15) is 0 Å². The molecule has 3 aromatic carbocycles. The number of H-pyrrole nitrogens is 1. The Morgan fingerprint density at radius 2 is 1.85 bits per heavy atom. The molecule has 0 spiro atoms. The van der Waals surface area contributed by atoms with Crippen LogP contribution < -0.4 is 10.2 Å². The molecule has 0 radical (unpaired) electrons. The van der Waals surface area contributed by atoms with Crippen LogP contribution in [0.4, 0.5) is 5.69 Å². The zero-order chi connectivity index (χ0) is 29.3. The molecule has 0 aliphatic carbocycles. The van der Waals surface area contributed by atoms with Gasteiger partial charge in [-0.1, -0.05) is 48.9 Å². The highest BCUT2D eigenvalue weighted by atomic mass is 35.5. The van der Waals surface area contributed by atoms with Gasteiger partial charge in [0.25, 0.3) is 0 Å². The highest BCUT2D eigenvalue weighted by Gasteiger charge is 2.36. The largest absolute Gasteiger partial charge is 0.361 e. The predicted octanol–water partition coefficient (Wildman–Crippen LogP) is 5.25. The lowest BCUT2D eigenvalue weighted by molar-refractivity contribution is -0.121. The van der Waals surface area contributed by atoms with Crippen molar-refractivity contribution in [3.63, 3.8) is 0 Å². The molecule has 4 aromatic rings. The standard InChI is InChI=1S/C32H37ClN4O3S/c1-21(28-18-34-29-8-6-5-7-27(28)29)31(35-17-22-9-12-26(13-10-22)41(4,39)40)32(38)37-20-23(19-36(2)3)15-24-16-25(33)11-14-30(24)37/h5-14,16,18,21,23,31,34-35H,15,17,19-20H2,1-4H3/t21?,23-,31?/m1/s1. The van der Waals surface area contributed by atoms with Crippen LogP contribution in [0.25, 0.3) is 10.9 Å². The lowest BCUT2D eigenvalue weighted by atomic mass is 9.88. The molecule has 3 atom stereocenters. The number of carbonyl (C=O) groups is 1. The maximum absolute atomic E-state index is 14.6. The summed E-state index contributed by atoms with van der Waals surface area (Å²) < 4.78 is 23.9. The lowest BCUT2D eigenvalue weighted by Crippen LogP contribution is -2.52. The van der Waals surface area contributed by atoms with Gasteiger partial charge in [0, 0.05) is 59.6 Å². The van der Waals surface area contributed by atoms with Crippen LogP contribution in [0, 0.1) is 5.92 Å². The number of halogens is 1. The van der Waals surface area contributed by atoms with Gasteiger partial charge in [-0.05, 0) is 79.5 Å². The van der Waals surface area contributed by atoms with E-state index in [0.29, 0.717) is 18.1 Å². The second kappa shape index (κ2) is 12.0. The van der Waals surface area contributed by atoms with Crippen molar-refractivity contribution in [1.29, 1.82) is 0 Å². The fraction of sp³-hybridized carbons (Fsp3) is 0.344. The number of nitrogens with zero attached hydrogens (tertiary/aromatic N) is 2. The van der Waals surface area contributed by atoms with Gasteiger partial charge in [-0.15, -0.1) is 0 Å². The number of carbonyl (C=O) groups excluding carboxylic acids is 1. The van der Waals surface area contributed by atoms with Crippen LogP contribution in [-0.4, -0.2) is 63.7 Å². The molecule has 2 heterocycles. The minimum atomic E-state index is -3.29. The van der Waals surface area contributed by atoms with Crippen molar-refractivity contribution in [1.82, 2.24) is 15.2 Å². The summed E-state index contributed by atoms with van der Waals surface area (Å²) in [7, 11) is 0.822. The van der Waals surface area contributed by atoms with E-state index in [1.807, 2.05) is 47.5 Å². The quantitative estimate of drug-likeness (QED) is 0.277. The Labute approximate surface area is 247 Å². The van der Waals surface area contributed by atoms with Crippen LogP contribution in [0.3, 0.4) is 0 Å². The zero-order valence-corrected chi connectivity index (χ0v) is 25.5. The highest BCUT2D eigenvalue weighted by Crippen LogP contribution is 2.35. The Morgan fingerprint density at radius 1 is 1.12 bits per heavy atom. The van der Waals surface area contributed by atoms with Crippen molar-refractivity contribution in [2.45, 2.75) is 36.7 Å². The molecule has 2 N–H and O–H groups in total. The number of amides is 1. The number of para-hydroxylation sites is 1. The van der Waals surface area contributed by atoms with Gasteiger partial charge in [0.1, 0.15) is 0 Å². The molecular formula is C32H37ClN4O3S. The number of benzene rings is 3. The van der Waals surface area contributed by atoms with Gasteiger partial charge in [0.2, 0.25) is 5.91 Å². The van der Waals surface area contributed by atoms with Gasteiger partial charge < -0.3 is 20.1 Å². The smallest absolute Gasteiger partial charge is 0.244 e. The Morgan fingerprint density at radius 3 is 2.56 bits per heavy atom. The van der Waals surface area contributed by atoms with E-state index >= 15 is 0 Å². The molecule has 9 heteroatoms. The van der Waals surface area contributed by atoms with Gasteiger partial charge in [-0.25, -0.2) is 8.42 Å². The van der Waals surface area contributed by atoms with E-state index < -0.39 is 15.9 Å². The summed E-state index contributed by atoms with van der Waals surface area (Å²) in [6.07, 6.45) is 4.06. The van der Waals surface area contributed by atoms with Crippen molar-refractivity contribution in [2.75, 3.05) is 38.3 Å². The summed E-state index contributed by atoms with van der Waals surface area (Å²) >= 11 is 6.38. The predicted molar refractivity (Wildman–Crippen MR) is 166 cm³/mol. The minimum Gasteiger partial charge on any atom is -0.361 e. The molecule has 5 rings (SSSR count). The number of rotatable bonds is 9. The maximum atomic E-state index is 14.6. The number of hydrogen-bond acceptors (Lipinski definition) is 5. The van der Waals surface area contributed by atoms with Crippen LogP contribution in [0.2, 0.25) is 5.02 Å². The fourth-order valence-corrected chi connectivity index (χ4v) is 6.76. The summed E-state index contributed by atoms with van der Waals surface area (Å²) in [6.45, 7) is 3.98. The monoisotopic (exact) mass is 592 g/mol. The maximum Gasteiger partial charge on any atom is 0.244 e. The lowest BCUT2D eigenvalue weighted by Gasteiger charge is -2.39. The molecule has 0 bridgehead atoms. The molecule has 216 valence electrons. The molecule has 1 amide bonds. The summed E-state index contributed by atoms with van der Waals surface area (Å²) in [6, 6.07) is 20.2. The van der Waals surface area contributed by atoms with E-state index in [2.05, 4.69) is 42.3 Å². The number of hydrogen-bond donors (Lipinski definition) is 2. The van der Waals surface area contributed by atoms with Crippen LogP contribution in [-0.2, 0) is 27.6 Å². The number of fused-ring (bicyclic) bond motifs is 2.